The van der Waals surface area contributed by atoms with Gasteiger partial charge in [0.15, 0.2) is 5.69 Å². The van der Waals surface area contributed by atoms with Crippen LogP contribution in [0.2, 0.25) is 0 Å². The third-order valence-electron chi connectivity index (χ3n) is 3.80. The molecule has 168 valence electrons. The maximum Gasteiger partial charge on any atom is 0.309 e. The molecular weight excluding hydrogens is 423 g/mol. The molecule has 0 unspecified atom stereocenters. The maximum absolute atomic E-state index is 13.3. The first-order valence-electron chi connectivity index (χ1n) is 14.0. The van der Waals surface area contributed by atoms with Crippen molar-refractivity contribution in [3.63, 3.8) is 0 Å². The van der Waals surface area contributed by atoms with E-state index in [2.05, 4.69) is 15.2 Å². The zero-order valence-electron chi connectivity index (χ0n) is 27.1. The van der Waals surface area contributed by atoms with Gasteiger partial charge in [-0.1, -0.05) is 12.1 Å². The number of aromatic nitrogens is 4. The number of halogens is 1. The zero-order chi connectivity index (χ0) is 32.9. The van der Waals surface area contributed by atoms with Crippen LogP contribution in [0.25, 0.3) is 0 Å². The average molecular weight is 455 g/mol. The fourth-order valence-electron chi connectivity index (χ4n) is 2.31. The number of carbonyl (C=O) groups excluding carboxylic acids is 2. The van der Waals surface area contributed by atoms with Crippen molar-refractivity contribution >= 4 is 11.8 Å². The Morgan fingerprint density at radius 2 is 2.00 bits per heavy atom. The Labute approximate surface area is 196 Å². The van der Waals surface area contributed by atoms with Crippen LogP contribution >= 0.6 is 0 Å². The second-order valence-corrected chi connectivity index (χ2v) is 6.19. The molecule has 11 nitrogen and oxygen atoms in total. The Kier molecular flexibility index (Phi) is 3.23. The number of nitrogens with one attached hydrogen (secondary N) is 2. The first-order chi connectivity index (χ1) is 19.4. The van der Waals surface area contributed by atoms with E-state index in [0.717, 1.165) is 24.3 Å². The van der Waals surface area contributed by atoms with Gasteiger partial charge in [0.25, 0.3) is 11.5 Å². The monoisotopic (exact) mass is 455 g/mol. The topological polar surface area (TPSA) is 152 Å². The highest BCUT2D eigenvalue weighted by Gasteiger charge is 2.32. The second-order valence-electron chi connectivity index (χ2n) is 6.19. The molecule has 12 heteroatoms. The molecule has 0 aliphatic rings. The van der Waals surface area contributed by atoms with Crippen LogP contribution in [0.4, 0.5) is 4.39 Å². The Hall–Kier alpha value is -4.09. The normalized spacial score (nSPS) is 18.0. The van der Waals surface area contributed by atoms with Crippen LogP contribution in [-0.4, -0.2) is 36.7 Å². The number of aryl methyl sites for hydroxylation is 1. The highest BCUT2D eigenvalue weighted by Crippen LogP contribution is 2.20. The molecule has 3 rings (SSSR count). The van der Waals surface area contributed by atoms with E-state index in [1.165, 1.54) is 6.92 Å². The molecular formula is C20H21FN6O5. The van der Waals surface area contributed by atoms with E-state index in [-0.39, 0.29) is 11.5 Å². The van der Waals surface area contributed by atoms with Crippen molar-refractivity contribution in [1.82, 2.24) is 30.4 Å². The summed E-state index contributed by atoms with van der Waals surface area (Å²) in [7, 11) is 0. The summed E-state index contributed by atoms with van der Waals surface area (Å²) < 4.78 is 106. The van der Waals surface area contributed by atoms with Crippen LogP contribution in [0.3, 0.4) is 0 Å². The summed E-state index contributed by atoms with van der Waals surface area (Å²) in [6.45, 7) is -13.4. The molecule has 3 N–H and O–H groups in total. The number of carbonyl (C=O) groups is 2. The number of nitrogens with zero attached hydrogens (tertiary/aromatic N) is 4. The first kappa shape index (κ1) is 12.1. The van der Waals surface area contributed by atoms with E-state index in [9.17, 15) is 23.9 Å². The van der Waals surface area contributed by atoms with Gasteiger partial charge in [-0.2, -0.15) is 0 Å². The predicted octanol–water partition coefficient (Wildman–Crippen LogP) is 0.912. The molecule has 2 aromatic heterocycles. The number of hydrogen-bond acceptors (Lipinski definition) is 8. The number of benzene rings is 1. The molecule has 1 aromatic carbocycles. The summed E-state index contributed by atoms with van der Waals surface area (Å²) >= 11 is 0. The number of rotatable bonds is 6. The maximum atomic E-state index is 13.3. The molecule has 0 aliphatic heterocycles. The van der Waals surface area contributed by atoms with E-state index in [0.29, 0.717) is 0 Å². The van der Waals surface area contributed by atoms with Crippen molar-refractivity contribution < 1.29 is 38.6 Å². The SMILES string of the molecule is [2H]C([2H])(NC(=O)c1nc(C(NC(=O)c2nnc(C)o2)(C([2H])([2H])[2H])C([2H])([2H])[2H])n(C([2H])([2H])[2H])c(=O)c1O)c1ccc(F)cc1. The Balaban J connectivity index is 2.37. The van der Waals surface area contributed by atoms with Gasteiger partial charge in [0, 0.05) is 32.7 Å². The van der Waals surface area contributed by atoms with Crippen LogP contribution in [0.1, 0.15) is 67.2 Å². The van der Waals surface area contributed by atoms with Gasteiger partial charge in [0.1, 0.15) is 11.6 Å². The van der Waals surface area contributed by atoms with Crippen LogP contribution in [-0.2, 0) is 19.0 Å². The minimum atomic E-state index is -3.98. The lowest BCUT2D eigenvalue weighted by Gasteiger charge is -2.27. The molecule has 32 heavy (non-hydrogen) atoms. The highest BCUT2D eigenvalue weighted by atomic mass is 19.1. The zero-order valence-corrected chi connectivity index (χ0v) is 16.1. The molecule has 0 atom stereocenters. The van der Waals surface area contributed by atoms with Crippen molar-refractivity contribution in [1.29, 1.82) is 0 Å². The van der Waals surface area contributed by atoms with Crippen LogP contribution < -0.4 is 16.2 Å². The predicted molar refractivity (Wildman–Crippen MR) is 108 cm³/mol. The van der Waals surface area contributed by atoms with E-state index in [1.807, 2.05) is 0 Å². The fourth-order valence-corrected chi connectivity index (χ4v) is 2.31. The lowest BCUT2D eigenvalue weighted by atomic mass is 10.0. The summed E-state index contributed by atoms with van der Waals surface area (Å²) in [4.78, 5) is 42.7. The van der Waals surface area contributed by atoms with E-state index in [1.54, 1.807) is 10.6 Å². The second kappa shape index (κ2) is 8.57. The van der Waals surface area contributed by atoms with Crippen LogP contribution in [0.5, 0.6) is 5.75 Å². The minimum absolute atomic E-state index is 0.213. The van der Waals surface area contributed by atoms with E-state index in [4.69, 9.17) is 19.5 Å². The van der Waals surface area contributed by atoms with Gasteiger partial charge in [0.2, 0.25) is 11.6 Å². The minimum Gasteiger partial charge on any atom is -0.501 e. The summed E-state index contributed by atoms with van der Waals surface area (Å²) in [5.74, 6) is -8.86. The molecule has 2 heterocycles. The van der Waals surface area contributed by atoms with E-state index < -0.39 is 83.6 Å². The molecule has 0 spiro atoms. The molecule has 0 aliphatic carbocycles. The highest BCUT2D eigenvalue weighted by molar-refractivity contribution is 5.94. The Morgan fingerprint density at radius 3 is 2.59 bits per heavy atom. The van der Waals surface area contributed by atoms with Gasteiger partial charge in [-0.15, -0.1) is 10.2 Å². The van der Waals surface area contributed by atoms with Gasteiger partial charge >= 0.3 is 11.8 Å². The summed E-state index contributed by atoms with van der Waals surface area (Å²) in [5, 5.41) is 20.5. The molecule has 2 amide bonds. The quantitative estimate of drug-likeness (QED) is 0.496. The van der Waals surface area contributed by atoms with Gasteiger partial charge in [-0.05, 0) is 31.4 Å². The standard InChI is InChI=1S/C20H21FN6O5/c1-10-25-26-17(32-10)16(30)24-20(2,3)19-23-13(14(28)18(31)27(19)4)15(29)22-9-11-5-7-12(21)8-6-11/h5-8,28H,9H2,1-4H3,(H,22,29)(H,24,30)/i2D3,3D3,4D3,9D2. The number of amides is 2. The Morgan fingerprint density at radius 1 is 1.28 bits per heavy atom. The van der Waals surface area contributed by atoms with E-state index >= 15 is 0 Å². The van der Waals surface area contributed by atoms with Gasteiger partial charge < -0.3 is 20.2 Å². The summed E-state index contributed by atoms with van der Waals surface area (Å²) in [5.41, 5.74) is -7.81. The molecule has 0 bridgehead atoms. The van der Waals surface area contributed by atoms with Crippen LogP contribution in [0.15, 0.2) is 33.5 Å². The lowest BCUT2D eigenvalue weighted by molar-refractivity contribution is 0.0869. The van der Waals surface area contributed by atoms with Crippen molar-refractivity contribution in [3.05, 3.63) is 69.3 Å². The largest absolute Gasteiger partial charge is 0.501 e. The first-order valence-corrected chi connectivity index (χ1v) is 8.52. The van der Waals surface area contributed by atoms with Gasteiger partial charge in [-0.25, -0.2) is 9.37 Å². The fraction of sp³-hybridized carbons (Fsp3) is 0.300. The average Bonchev–Trinajstić information content (AvgIpc) is 3.28. The van der Waals surface area contributed by atoms with Gasteiger partial charge in [-0.3, -0.25) is 19.0 Å². The van der Waals surface area contributed by atoms with Crippen molar-refractivity contribution in [2.45, 2.75) is 32.7 Å². The van der Waals surface area contributed by atoms with Crippen molar-refractivity contribution in [3.8, 4) is 5.75 Å². The third-order valence-corrected chi connectivity index (χ3v) is 3.80. The number of hydrogen-bond donors (Lipinski definition) is 3. The summed E-state index contributed by atoms with van der Waals surface area (Å²) in [6, 6.07) is 3.56. The molecule has 0 saturated heterocycles. The van der Waals surface area contributed by atoms with Gasteiger partial charge in [0.05, 0.1) is 8.28 Å². The molecule has 0 saturated carbocycles. The third kappa shape index (κ3) is 4.63. The van der Waals surface area contributed by atoms with Crippen molar-refractivity contribution in [2.75, 3.05) is 0 Å². The smallest absolute Gasteiger partial charge is 0.309 e. The van der Waals surface area contributed by atoms with Crippen LogP contribution in [0, 0.1) is 12.7 Å². The lowest BCUT2D eigenvalue weighted by Crippen LogP contribution is -2.46. The summed E-state index contributed by atoms with van der Waals surface area (Å²) in [6.07, 6.45) is 0. The van der Waals surface area contributed by atoms with Crippen molar-refractivity contribution in [2.24, 2.45) is 6.98 Å². The Bertz CT molecular complexity index is 1600. The number of aromatic hydroxyl groups is 1. The molecule has 3 aromatic rings. The molecule has 0 fully saturated rings. The molecule has 0 radical (unpaired) electrons.